The zero-order valence-corrected chi connectivity index (χ0v) is 16.3. The highest BCUT2D eigenvalue weighted by Gasteiger charge is 2.34. The van der Waals surface area contributed by atoms with E-state index in [1.165, 1.54) is 12.1 Å². The molecular formula is C18H20Cl2N2O2S. The summed E-state index contributed by atoms with van der Waals surface area (Å²) in [6.45, 7) is 8.21. The molecule has 25 heavy (non-hydrogen) atoms. The van der Waals surface area contributed by atoms with Gasteiger partial charge in [-0.3, -0.25) is 0 Å². The maximum atomic E-state index is 12.6. The predicted molar refractivity (Wildman–Crippen MR) is 105 cm³/mol. The van der Waals surface area contributed by atoms with E-state index in [9.17, 15) is 4.79 Å². The monoisotopic (exact) mass is 398 g/mol. The molecule has 4 nitrogen and oxygen atoms in total. The lowest BCUT2D eigenvalue weighted by Crippen LogP contribution is -2.34. The fraction of sp³-hybridized carbons (Fsp3) is 0.278. The molecule has 1 aromatic rings. The second-order valence-electron chi connectivity index (χ2n) is 5.39. The number of rotatable bonds is 7. The Labute approximate surface area is 163 Å². The van der Waals surface area contributed by atoms with Crippen molar-refractivity contribution in [1.29, 1.82) is 0 Å². The molecule has 1 aromatic carbocycles. The van der Waals surface area contributed by atoms with E-state index >= 15 is 0 Å². The van der Waals surface area contributed by atoms with Crippen LogP contribution in [-0.2, 0) is 9.53 Å². The van der Waals surface area contributed by atoms with Gasteiger partial charge in [0, 0.05) is 42.0 Å². The van der Waals surface area contributed by atoms with E-state index in [1.807, 2.05) is 34.0 Å². The lowest BCUT2D eigenvalue weighted by Gasteiger charge is -2.37. The quantitative estimate of drug-likeness (QED) is 0.365. The zero-order valence-electron chi connectivity index (χ0n) is 14.0. The summed E-state index contributed by atoms with van der Waals surface area (Å²) in [6, 6.07) is 4.93. The van der Waals surface area contributed by atoms with Crippen LogP contribution < -0.4 is 0 Å². The molecule has 0 aliphatic carbocycles. The number of esters is 1. The van der Waals surface area contributed by atoms with Crippen molar-refractivity contribution in [3.8, 4) is 0 Å². The Morgan fingerprint density at radius 1 is 1.36 bits per heavy atom. The van der Waals surface area contributed by atoms with E-state index in [0.29, 0.717) is 15.6 Å². The van der Waals surface area contributed by atoms with Crippen LogP contribution in [0.3, 0.4) is 0 Å². The summed E-state index contributed by atoms with van der Waals surface area (Å²) in [5, 5.41) is 1.05. The van der Waals surface area contributed by atoms with E-state index < -0.39 is 5.97 Å². The van der Waals surface area contributed by atoms with Crippen molar-refractivity contribution in [1.82, 2.24) is 8.61 Å². The van der Waals surface area contributed by atoms with Crippen molar-refractivity contribution in [3.63, 3.8) is 0 Å². The molecule has 2 rings (SSSR count). The Bertz CT molecular complexity index is 694. The topological polar surface area (TPSA) is 32.8 Å². The molecule has 0 spiro atoms. The first-order valence-corrected chi connectivity index (χ1v) is 9.19. The third-order valence-electron chi connectivity index (χ3n) is 3.55. The highest BCUT2D eigenvalue weighted by molar-refractivity contribution is 7.94. The van der Waals surface area contributed by atoms with Crippen LogP contribution in [0.2, 0.25) is 10.0 Å². The third kappa shape index (κ3) is 5.05. The fourth-order valence-corrected chi connectivity index (χ4v) is 3.96. The van der Waals surface area contributed by atoms with Crippen molar-refractivity contribution in [3.05, 3.63) is 70.9 Å². The van der Waals surface area contributed by atoms with Crippen molar-refractivity contribution < 1.29 is 9.53 Å². The van der Waals surface area contributed by atoms with E-state index in [2.05, 4.69) is 13.2 Å². The lowest BCUT2D eigenvalue weighted by atomic mass is 9.99. The van der Waals surface area contributed by atoms with Gasteiger partial charge in [0.25, 0.3) is 0 Å². The lowest BCUT2D eigenvalue weighted by molar-refractivity contribution is -0.138. The highest BCUT2D eigenvalue weighted by atomic mass is 35.5. The molecule has 7 heteroatoms. The smallest absolute Gasteiger partial charge is 0.337 e. The molecule has 0 bridgehead atoms. The van der Waals surface area contributed by atoms with Gasteiger partial charge in [-0.2, -0.15) is 0 Å². The molecular weight excluding hydrogens is 379 g/mol. The number of hydrogen-bond acceptors (Lipinski definition) is 5. The standard InChI is InChI=1S/C18H20Cl2N2O2S/c1-4-6-9-22-12-15(18(23)24-10-5-2)17(21(3)25-22)14-8-7-13(19)11-16(14)20/h4-5,7-8,11-12,17H,1-2,6,9-10H2,3H3. The zero-order chi connectivity index (χ0) is 18.4. The van der Waals surface area contributed by atoms with Crippen LogP contribution in [0.15, 0.2) is 55.3 Å². The van der Waals surface area contributed by atoms with Gasteiger partial charge in [-0.15, -0.1) is 6.58 Å². The number of likely N-dealkylation sites (N-methyl/N-ethyl adjacent to an activating group) is 1. The van der Waals surface area contributed by atoms with Crippen LogP contribution >= 0.6 is 35.3 Å². The summed E-state index contributed by atoms with van der Waals surface area (Å²) >= 11 is 13.9. The van der Waals surface area contributed by atoms with Crippen molar-refractivity contribution >= 4 is 41.3 Å². The van der Waals surface area contributed by atoms with Gasteiger partial charge in [0.2, 0.25) is 0 Å². The first-order valence-electron chi connectivity index (χ1n) is 7.71. The summed E-state index contributed by atoms with van der Waals surface area (Å²) in [4.78, 5) is 12.6. The molecule has 0 saturated heterocycles. The Balaban J connectivity index is 2.41. The van der Waals surface area contributed by atoms with Gasteiger partial charge in [-0.05, 0) is 24.1 Å². The van der Waals surface area contributed by atoms with Gasteiger partial charge in [-0.25, -0.2) is 9.10 Å². The summed E-state index contributed by atoms with van der Waals surface area (Å²) in [6.07, 6.45) is 6.00. The molecule has 0 fully saturated rings. The SMILES string of the molecule is C=CCCN1C=C(C(=O)OCC=C)C(c2ccc(Cl)cc2Cl)N(C)S1. The second kappa shape index (κ2) is 9.34. The van der Waals surface area contributed by atoms with Crippen LogP contribution in [0.5, 0.6) is 0 Å². The number of ether oxygens (including phenoxy) is 1. The van der Waals surface area contributed by atoms with Gasteiger partial charge in [-0.1, -0.05) is 48.0 Å². The maximum absolute atomic E-state index is 12.6. The van der Waals surface area contributed by atoms with Crippen molar-refractivity contribution in [2.75, 3.05) is 20.2 Å². The van der Waals surface area contributed by atoms with Gasteiger partial charge in [0.1, 0.15) is 6.61 Å². The summed E-state index contributed by atoms with van der Waals surface area (Å²) < 4.78 is 9.22. The second-order valence-corrected chi connectivity index (χ2v) is 7.44. The van der Waals surface area contributed by atoms with Crippen LogP contribution in [0.1, 0.15) is 18.0 Å². The number of nitrogens with zero attached hydrogens (tertiary/aromatic N) is 2. The fourth-order valence-electron chi connectivity index (χ4n) is 2.45. The molecule has 1 heterocycles. The summed E-state index contributed by atoms with van der Waals surface area (Å²) in [5.41, 5.74) is 1.31. The van der Waals surface area contributed by atoms with Crippen LogP contribution in [0.4, 0.5) is 0 Å². The molecule has 1 unspecified atom stereocenters. The Hall–Kier alpha value is -1.40. The molecule has 0 radical (unpaired) electrons. The number of hydrogen-bond donors (Lipinski definition) is 0. The molecule has 0 saturated carbocycles. The summed E-state index contributed by atoms with van der Waals surface area (Å²) in [5.74, 6) is -0.397. The van der Waals surface area contributed by atoms with Crippen molar-refractivity contribution in [2.24, 2.45) is 0 Å². The van der Waals surface area contributed by atoms with E-state index in [4.69, 9.17) is 27.9 Å². The largest absolute Gasteiger partial charge is 0.458 e. The number of benzene rings is 1. The minimum atomic E-state index is -0.397. The minimum Gasteiger partial charge on any atom is -0.458 e. The average molecular weight is 399 g/mol. The predicted octanol–water partition coefficient (Wildman–Crippen LogP) is 5.03. The third-order valence-corrected chi connectivity index (χ3v) is 5.08. The van der Waals surface area contributed by atoms with Crippen LogP contribution in [0.25, 0.3) is 0 Å². The molecule has 0 aromatic heterocycles. The maximum Gasteiger partial charge on any atom is 0.337 e. The van der Waals surface area contributed by atoms with Crippen LogP contribution in [-0.4, -0.2) is 34.8 Å². The molecule has 0 amide bonds. The van der Waals surface area contributed by atoms with E-state index in [1.54, 1.807) is 18.2 Å². The molecule has 0 N–H and O–H groups in total. The van der Waals surface area contributed by atoms with E-state index in [0.717, 1.165) is 18.5 Å². The van der Waals surface area contributed by atoms with Gasteiger partial charge >= 0.3 is 5.97 Å². The average Bonchev–Trinajstić information content (AvgIpc) is 2.58. The van der Waals surface area contributed by atoms with Crippen molar-refractivity contribution in [2.45, 2.75) is 12.5 Å². The Morgan fingerprint density at radius 3 is 2.76 bits per heavy atom. The van der Waals surface area contributed by atoms with E-state index in [-0.39, 0.29) is 12.6 Å². The Morgan fingerprint density at radius 2 is 2.12 bits per heavy atom. The first-order chi connectivity index (χ1) is 12.0. The molecule has 134 valence electrons. The number of carbonyl (C=O) groups is 1. The molecule has 1 atom stereocenters. The number of carbonyl (C=O) groups excluding carboxylic acids is 1. The Kier molecular flexibility index (Phi) is 7.44. The normalized spacial score (nSPS) is 17.8. The van der Waals surface area contributed by atoms with Gasteiger partial charge < -0.3 is 9.04 Å². The minimum absolute atomic E-state index is 0.154. The van der Waals surface area contributed by atoms with Gasteiger partial charge in [0.15, 0.2) is 0 Å². The number of halogens is 2. The summed E-state index contributed by atoms with van der Waals surface area (Å²) in [7, 11) is 1.91. The molecule has 1 aliphatic rings. The first kappa shape index (κ1) is 19.9. The molecule has 1 aliphatic heterocycles. The highest BCUT2D eigenvalue weighted by Crippen LogP contribution is 2.42. The van der Waals surface area contributed by atoms with Crippen LogP contribution in [0, 0.1) is 0 Å². The van der Waals surface area contributed by atoms with Gasteiger partial charge in [0.05, 0.1) is 11.6 Å².